The molecule has 0 bridgehead atoms. The van der Waals surface area contributed by atoms with Crippen LogP contribution in [0.2, 0.25) is 5.02 Å². The molecule has 4 aromatic rings. The van der Waals surface area contributed by atoms with Crippen LogP contribution < -0.4 is 5.32 Å². The summed E-state index contributed by atoms with van der Waals surface area (Å²) in [7, 11) is -3.34. The van der Waals surface area contributed by atoms with Crippen molar-refractivity contribution < 1.29 is 8.42 Å². The maximum Gasteiger partial charge on any atom is 0.156 e. The Labute approximate surface area is 217 Å². The second kappa shape index (κ2) is 9.84. The van der Waals surface area contributed by atoms with E-state index >= 15 is 0 Å². The maximum absolute atomic E-state index is 12.6. The van der Waals surface area contributed by atoms with Crippen molar-refractivity contribution in [3.8, 4) is 11.1 Å². The third-order valence-corrected chi connectivity index (χ3v) is 9.75. The smallest absolute Gasteiger partial charge is 0.156 e. The van der Waals surface area contributed by atoms with Crippen LogP contribution in [0.25, 0.3) is 22.0 Å². The van der Waals surface area contributed by atoms with Crippen LogP contribution >= 0.6 is 23.4 Å². The Morgan fingerprint density at radius 1 is 1.03 bits per heavy atom. The average molecular weight is 525 g/mol. The lowest BCUT2D eigenvalue weighted by Gasteiger charge is -2.25. The molecule has 1 atom stereocenters. The minimum Gasteiger partial charge on any atom is -0.378 e. The largest absolute Gasteiger partial charge is 0.378 e. The van der Waals surface area contributed by atoms with E-state index in [2.05, 4.69) is 53.8 Å². The van der Waals surface area contributed by atoms with Gasteiger partial charge in [0.15, 0.2) is 9.84 Å². The minimum atomic E-state index is -3.34. The van der Waals surface area contributed by atoms with E-state index in [0.29, 0.717) is 5.02 Å². The zero-order chi connectivity index (χ0) is 25.4. The molecule has 1 heterocycles. The highest BCUT2D eigenvalue weighted by atomic mass is 35.5. The molecule has 1 unspecified atom stereocenters. The Hall–Kier alpha value is -2.54. The van der Waals surface area contributed by atoms with Gasteiger partial charge in [0.1, 0.15) is 0 Å². The van der Waals surface area contributed by atoms with E-state index in [1.54, 1.807) is 31.8 Å². The molecular formula is C28H29ClN2O2S2. The second-order valence-corrected chi connectivity index (χ2v) is 13.1. The molecule has 0 aliphatic rings. The molecule has 0 saturated heterocycles. The molecule has 182 valence electrons. The average Bonchev–Trinajstić information content (AvgIpc) is 2.83. The van der Waals surface area contributed by atoms with Gasteiger partial charge in [-0.1, -0.05) is 23.7 Å². The summed E-state index contributed by atoms with van der Waals surface area (Å²) >= 11 is 8.34. The highest BCUT2D eigenvalue weighted by Gasteiger charge is 2.33. The molecule has 1 N–H and O–H groups in total. The summed E-state index contributed by atoms with van der Waals surface area (Å²) in [6, 6.07) is 21.9. The van der Waals surface area contributed by atoms with E-state index in [4.69, 9.17) is 11.6 Å². The molecule has 4 rings (SSSR count). The van der Waals surface area contributed by atoms with E-state index in [1.165, 1.54) is 11.2 Å². The van der Waals surface area contributed by atoms with Crippen molar-refractivity contribution in [1.29, 1.82) is 0 Å². The van der Waals surface area contributed by atoms with Gasteiger partial charge < -0.3 is 5.32 Å². The zero-order valence-corrected chi connectivity index (χ0v) is 22.9. The highest BCUT2D eigenvalue weighted by Crippen LogP contribution is 2.38. The Morgan fingerprint density at radius 3 is 2.40 bits per heavy atom. The minimum absolute atomic E-state index is 0.0440. The SMILES string of the molecule is CSc1ccc(NC(C)c2cc(-c3cc(C(C)(C)S(C)(=O)=O)cc4cccnc34)ccc2Cl)cc1. The van der Waals surface area contributed by atoms with Crippen molar-refractivity contribution in [3.05, 3.63) is 89.1 Å². The van der Waals surface area contributed by atoms with Gasteiger partial charge in [-0.05, 0) is 98.3 Å². The lowest BCUT2D eigenvalue weighted by molar-refractivity contribution is 0.561. The van der Waals surface area contributed by atoms with Crippen LogP contribution in [-0.4, -0.2) is 25.9 Å². The number of benzene rings is 3. The summed E-state index contributed by atoms with van der Waals surface area (Å²) in [4.78, 5) is 5.83. The first-order valence-electron chi connectivity index (χ1n) is 11.3. The Balaban J connectivity index is 1.81. The van der Waals surface area contributed by atoms with Crippen LogP contribution in [0, 0.1) is 0 Å². The van der Waals surface area contributed by atoms with Gasteiger partial charge in [0.25, 0.3) is 0 Å². The summed E-state index contributed by atoms with van der Waals surface area (Å²) in [5.41, 5.74) is 5.33. The van der Waals surface area contributed by atoms with Gasteiger partial charge >= 0.3 is 0 Å². The first-order chi connectivity index (χ1) is 16.5. The van der Waals surface area contributed by atoms with Crippen molar-refractivity contribution in [3.63, 3.8) is 0 Å². The number of fused-ring (bicyclic) bond motifs is 1. The summed E-state index contributed by atoms with van der Waals surface area (Å²) in [6.07, 6.45) is 5.09. The van der Waals surface area contributed by atoms with E-state index in [0.717, 1.165) is 38.8 Å². The van der Waals surface area contributed by atoms with Crippen LogP contribution in [0.4, 0.5) is 5.69 Å². The third kappa shape index (κ3) is 5.20. The molecule has 1 aromatic heterocycles. The predicted molar refractivity (Wildman–Crippen MR) is 150 cm³/mol. The molecule has 35 heavy (non-hydrogen) atoms. The number of sulfone groups is 1. The number of pyridine rings is 1. The summed E-state index contributed by atoms with van der Waals surface area (Å²) in [6.45, 7) is 5.56. The number of hydrogen-bond donors (Lipinski definition) is 1. The Morgan fingerprint density at radius 2 is 1.74 bits per heavy atom. The van der Waals surface area contributed by atoms with E-state index in [-0.39, 0.29) is 6.04 Å². The lowest BCUT2D eigenvalue weighted by Crippen LogP contribution is -2.28. The molecule has 0 aliphatic heterocycles. The molecule has 4 nitrogen and oxygen atoms in total. The molecule has 0 amide bonds. The first kappa shape index (κ1) is 25.5. The number of halogens is 1. The topological polar surface area (TPSA) is 59.1 Å². The van der Waals surface area contributed by atoms with Crippen molar-refractivity contribution in [2.45, 2.75) is 36.5 Å². The van der Waals surface area contributed by atoms with Crippen molar-refractivity contribution in [1.82, 2.24) is 4.98 Å². The molecule has 0 fully saturated rings. The summed E-state index contributed by atoms with van der Waals surface area (Å²) < 4.78 is 24.2. The fourth-order valence-electron chi connectivity index (χ4n) is 4.03. The molecular weight excluding hydrogens is 496 g/mol. The molecule has 7 heteroatoms. The van der Waals surface area contributed by atoms with E-state index in [1.807, 2.05) is 36.4 Å². The van der Waals surface area contributed by atoms with Crippen LogP contribution in [0.15, 0.2) is 77.8 Å². The lowest BCUT2D eigenvalue weighted by atomic mass is 9.92. The number of rotatable bonds is 7. The number of anilines is 1. The van der Waals surface area contributed by atoms with Gasteiger partial charge in [-0.25, -0.2) is 8.42 Å². The monoisotopic (exact) mass is 524 g/mol. The first-order valence-corrected chi connectivity index (χ1v) is 14.8. The number of aromatic nitrogens is 1. The summed E-state index contributed by atoms with van der Waals surface area (Å²) in [5.74, 6) is 0. The van der Waals surface area contributed by atoms with Gasteiger partial charge in [-0.2, -0.15) is 0 Å². The molecule has 0 saturated carbocycles. The van der Waals surface area contributed by atoms with Gasteiger partial charge in [-0.3, -0.25) is 4.98 Å². The quantitative estimate of drug-likeness (QED) is 0.251. The predicted octanol–water partition coefficient (Wildman–Crippen LogP) is 7.73. The Kier molecular flexibility index (Phi) is 7.18. The summed E-state index contributed by atoms with van der Waals surface area (Å²) in [5, 5.41) is 5.10. The highest BCUT2D eigenvalue weighted by molar-refractivity contribution is 7.98. The second-order valence-electron chi connectivity index (χ2n) is 9.21. The number of nitrogens with one attached hydrogen (secondary N) is 1. The molecule has 0 radical (unpaired) electrons. The number of thioether (sulfide) groups is 1. The number of nitrogens with zero attached hydrogens (tertiary/aromatic N) is 1. The molecule has 3 aromatic carbocycles. The third-order valence-electron chi connectivity index (χ3n) is 6.57. The van der Waals surface area contributed by atoms with E-state index < -0.39 is 14.6 Å². The normalized spacial score (nSPS) is 13.1. The van der Waals surface area contributed by atoms with Crippen molar-refractivity contribution in [2.24, 2.45) is 0 Å². The van der Waals surface area contributed by atoms with Crippen LogP contribution in [0.5, 0.6) is 0 Å². The zero-order valence-electron chi connectivity index (χ0n) is 20.5. The van der Waals surface area contributed by atoms with Gasteiger partial charge in [0, 0.05) is 39.0 Å². The maximum atomic E-state index is 12.6. The van der Waals surface area contributed by atoms with Crippen molar-refractivity contribution in [2.75, 3.05) is 17.8 Å². The van der Waals surface area contributed by atoms with Crippen LogP contribution in [0.3, 0.4) is 0 Å². The van der Waals surface area contributed by atoms with E-state index in [9.17, 15) is 8.42 Å². The molecule has 0 aliphatic carbocycles. The fraction of sp³-hybridized carbons (Fsp3) is 0.250. The molecule has 0 spiro atoms. The van der Waals surface area contributed by atoms with Gasteiger partial charge in [-0.15, -0.1) is 11.8 Å². The van der Waals surface area contributed by atoms with Gasteiger partial charge in [0.05, 0.1) is 16.3 Å². The fourth-order valence-corrected chi connectivity index (χ4v) is 5.27. The standard InChI is InChI=1S/C28H29ClN2O2S2/c1-18(31-22-9-11-23(34-4)12-10-22)24-16-19(8-13-26(24)29)25-17-21(28(2,3)35(5,32)33)15-20-7-6-14-30-27(20)25/h6-18,31H,1-5H3. The van der Waals surface area contributed by atoms with Crippen LogP contribution in [0.1, 0.15) is 37.9 Å². The Bertz CT molecular complexity index is 1480. The van der Waals surface area contributed by atoms with Crippen LogP contribution in [-0.2, 0) is 14.6 Å². The van der Waals surface area contributed by atoms with Crippen molar-refractivity contribution >= 4 is 49.8 Å². The van der Waals surface area contributed by atoms with Gasteiger partial charge in [0.2, 0.25) is 0 Å². The number of hydrogen-bond acceptors (Lipinski definition) is 5.